The van der Waals surface area contributed by atoms with E-state index in [1.807, 2.05) is 54.6 Å². The van der Waals surface area contributed by atoms with Crippen molar-refractivity contribution in [3.63, 3.8) is 0 Å². The molecule has 3 aromatic carbocycles. The van der Waals surface area contributed by atoms with Crippen LogP contribution in [0.2, 0.25) is 5.02 Å². The zero-order valence-electron chi connectivity index (χ0n) is 13.4. The first-order valence-electron chi connectivity index (χ1n) is 7.89. The van der Waals surface area contributed by atoms with Crippen molar-refractivity contribution >= 4 is 22.5 Å². The Hall–Kier alpha value is -3.29. The van der Waals surface area contributed by atoms with E-state index in [-0.39, 0.29) is 5.02 Å². The number of hydrogen-bond acceptors (Lipinski definition) is 2. The van der Waals surface area contributed by atoms with E-state index < -0.39 is 11.6 Å². The minimum Gasteiger partial charge on any atom is -0.504 e. The Morgan fingerprint density at radius 2 is 1.69 bits per heavy atom. The van der Waals surface area contributed by atoms with Crippen LogP contribution in [0.15, 0.2) is 66.7 Å². The number of phenolic OH excluding ortho intramolecular Hbond substituents is 1. The number of aromatic nitrogens is 1. The van der Waals surface area contributed by atoms with Crippen molar-refractivity contribution in [1.29, 1.82) is 5.26 Å². The summed E-state index contributed by atoms with van der Waals surface area (Å²) in [4.78, 5) is 0. The number of nitrogens with zero attached hydrogens (tertiary/aromatic N) is 2. The summed E-state index contributed by atoms with van der Waals surface area (Å²) >= 11 is 5.99. The second-order valence-corrected chi connectivity index (χ2v) is 6.22. The van der Waals surface area contributed by atoms with Crippen molar-refractivity contribution in [3.8, 4) is 28.8 Å². The summed E-state index contributed by atoms with van der Waals surface area (Å²) in [5, 5.41) is 20.1. The van der Waals surface area contributed by atoms with Crippen LogP contribution in [0.1, 0.15) is 5.56 Å². The normalized spacial score (nSPS) is 10.8. The predicted octanol–water partition coefficient (Wildman–Crippen LogP) is 5.67. The molecule has 0 unspecified atom stereocenters. The number of para-hydroxylation sites is 1. The SMILES string of the molecule is N#Cc1c(-c2ccccc2)n(-c2cc(F)c(O)c(Cl)c2)c2ccccc12. The predicted molar refractivity (Wildman–Crippen MR) is 100 cm³/mol. The highest BCUT2D eigenvalue weighted by atomic mass is 35.5. The zero-order valence-corrected chi connectivity index (χ0v) is 14.2. The van der Waals surface area contributed by atoms with Gasteiger partial charge in [-0.05, 0) is 17.7 Å². The number of halogens is 2. The Kier molecular flexibility index (Phi) is 3.87. The molecule has 4 rings (SSSR count). The third-order valence-corrected chi connectivity index (χ3v) is 4.58. The molecule has 0 aliphatic rings. The molecular weight excluding hydrogens is 351 g/mol. The molecule has 0 saturated heterocycles. The van der Waals surface area contributed by atoms with Crippen LogP contribution in [0.5, 0.6) is 5.75 Å². The van der Waals surface area contributed by atoms with Gasteiger partial charge in [0.15, 0.2) is 11.6 Å². The molecule has 0 spiro atoms. The molecule has 26 heavy (non-hydrogen) atoms. The first-order chi connectivity index (χ1) is 12.6. The van der Waals surface area contributed by atoms with Gasteiger partial charge in [0.2, 0.25) is 0 Å². The minimum atomic E-state index is -0.817. The molecule has 0 atom stereocenters. The first-order valence-corrected chi connectivity index (χ1v) is 8.27. The van der Waals surface area contributed by atoms with Gasteiger partial charge < -0.3 is 9.67 Å². The maximum Gasteiger partial charge on any atom is 0.170 e. The maximum atomic E-state index is 14.1. The molecule has 0 aliphatic carbocycles. The van der Waals surface area contributed by atoms with Gasteiger partial charge in [0.05, 0.1) is 27.5 Å². The second-order valence-electron chi connectivity index (χ2n) is 5.81. The molecule has 0 bridgehead atoms. The Morgan fingerprint density at radius 3 is 2.38 bits per heavy atom. The van der Waals surface area contributed by atoms with Crippen molar-refractivity contribution in [2.45, 2.75) is 0 Å². The molecule has 126 valence electrons. The van der Waals surface area contributed by atoms with Crippen molar-refractivity contribution in [3.05, 3.63) is 83.1 Å². The lowest BCUT2D eigenvalue weighted by Gasteiger charge is -2.13. The molecule has 0 saturated carbocycles. The molecule has 4 aromatic rings. The number of phenols is 1. The lowest BCUT2D eigenvalue weighted by molar-refractivity contribution is 0.432. The standard InChI is InChI=1S/C21H12ClFN2O/c22-17-10-14(11-18(23)21(17)26)25-19-9-5-4-8-15(19)16(12-24)20(25)13-6-2-1-3-7-13/h1-11,26H. The largest absolute Gasteiger partial charge is 0.504 e. The number of aromatic hydroxyl groups is 1. The molecule has 0 aliphatic heterocycles. The molecule has 1 heterocycles. The van der Waals surface area contributed by atoms with Crippen molar-refractivity contribution in [2.24, 2.45) is 0 Å². The Balaban J connectivity index is 2.17. The van der Waals surface area contributed by atoms with Crippen LogP contribution in [0.3, 0.4) is 0 Å². The average Bonchev–Trinajstić information content (AvgIpc) is 3.00. The summed E-state index contributed by atoms with van der Waals surface area (Å²) in [5.74, 6) is -1.41. The summed E-state index contributed by atoms with van der Waals surface area (Å²) in [5.41, 5.74) is 3.16. The van der Waals surface area contributed by atoms with Crippen LogP contribution >= 0.6 is 11.6 Å². The quantitative estimate of drug-likeness (QED) is 0.499. The third kappa shape index (κ3) is 2.42. The van der Waals surface area contributed by atoms with Gasteiger partial charge in [0.1, 0.15) is 6.07 Å². The fourth-order valence-corrected chi connectivity index (χ4v) is 3.37. The van der Waals surface area contributed by atoms with E-state index in [0.29, 0.717) is 16.9 Å². The summed E-state index contributed by atoms with van der Waals surface area (Å²) in [7, 11) is 0. The molecule has 1 aromatic heterocycles. The van der Waals surface area contributed by atoms with Crippen LogP contribution in [-0.4, -0.2) is 9.67 Å². The molecular formula is C21H12ClFN2O. The fraction of sp³-hybridized carbons (Fsp3) is 0. The number of benzene rings is 3. The molecule has 1 N–H and O–H groups in total. The third-order valence-electron chi connectivity index (χ3n) is 4.29. The summed E-state index contributed by atoms with van der Waals surface area (Å²) < 4.78 is 15.9. The van der Waals surface area contributed by atoms with Gasteiger partial charge in [-0.3, -0.25) is 0 Å². The van der Waals surface area contributed by atoms with Crippen molar-refractivity contribution in [2.75, 3.05) is 0 Å². The smallest absolute Gasteiger partial charge is 0.170 e. The highest BCUT2D eigenvalue weighted by molar-refractivity contribution is 6.32. The second kappa shape index (κ2) is 6.21. The summed E-state index contributed by atoms with van der Waals surface area (Å²) in [6.45, 7) is 0. The number of nitriles is 1. The van der Waals surface area contributed by atoms with Crippen LogP contribution in [0.25, 0.3) is 27.8 Å². The number of rotatable bonds is 2. The van der Waals surface area contributed by atoms with Gasteiger partial charge >= 0.3 is 0 Å². The lowest BCUT2D eigenvalue weighted by atomic mass is 10.1. The lowest BCUT2D eigenvalue weighted by Crippen LogP contribution is -1.99. The van der Waals surface area contributed by atoms with Gasteiger partial charge in [-0.15, -0.1) is 0 Å². The van der Waals surface area contributed by atoms with Gasteiger partial charge in [-0.2, -0.15) is 5.26 Å². The van der Waals surface area contributed by atoms with E-state index in [0.717, 1.165) is 16.5 Å². The van der Waals surface area contributed by atoms with E-state index in [4.69, 9.17) is 11.6 Å². The van der Waals surface area contributed by atoms with Gasteiger partial charge in [-0.1, -0.05) is 60.1 Å². The fourth-order valence-electron chi connectivity index (χ4n) is 3.17. The zero-order chi connectivity index (χ0) is 18.3. The van der Waals surface area contributed by atoms with Gasteiger partial charge in [0.25, 0.3) is 0 Å². The summed E-state index contributed by atoms with van der Waals surface area (Å²) in [6, 6.07) is 21.8. The summed E-state index contributed by atoms with van der Waals surface area (Å²) in [6.07, 6.45) is 0. The highest BCUT2D eigenvalue weighted by Gasteiger charge is 2.21. The molecule has 3 nitrogen and oxygen atoms in total. The van der Waals surface area contributed by atoms with Gasteiger partial charge in [-0.25, -0.2) is 4.39 Å². The topological polar surface area (TPSA) is 49.0 Å². The molecule has 0 amide bonds. The van der Waals surface area contributed by atoms with Crippen molar-refractivity contribution < 1.29 is 9.50 Å². The minimum absolute atomic E-state index is 0.0877. The van der Waals surface area contributed by atoms with Crippen LogP contribution in [0, 0.1) is 17.1 Å². The van der Waals surface area contributed by atoms with Crippen LogP contribution in [-0.2, 0) is 0 Å². The van der Waals surface area contributed by atoms with E-state index in [2.05, 4.69) is 6.07 Å². The van der Waals surface area contributed by atoms with Crippen LogP contribution in [0.4, 0.5) is 4.39 Å². The maximum absolute atomic E-state index is 14.1. The molecule has 0 radical (unpaired) electrons. The molecule has 0 fully saturated rings. The first kappa shape index (κ1) is 16.2. The highest BCUT2D eigenvalue weighted by Crippen LogP contribution is 2.38. The van der Waals surface area contributed by atoms with E-state index in [1.54, 1.807) is 4.57 Å². The van der Waals surface area contributed by atoms with E-state index >= 15 is 0 Å². The monoisotopic (exact) mass is 362 g/mol. The van der Waals surface area contributed by atoms with Crippen LogP contribution < -0.4 is 0 Å². The number of fused-ring (bicyclic) bond motifs is 1. The van der Waals surface area contributed by atoms with Crippen molar-refractivity contribution in [1.82, 2.24) is 4.57 Å². The Morgan fingerprint density at radius 1 is 1.00 bits per heavy atom. The van der Waals surface area contributed by atoms with Gasteiger partial charge in [0, 0.05) is 11.5 Å². The Labute approximate surface area is 154 Å². The Bertz CT molecular complexity index is 1150. The van der Waals surface area contributed by atoms with E-state index in [9.17, 15) is 14.8 Å². The van der Waals surface area contributed by atoms with E-state index in [1.165, 1.54) is 12.1 Å². The average molecular weight is 363 g/mol. The number of hydrogen-bond donors (Lipinski definition) is 1. The molecule has 5 heteroatoms.